The van der Waals surface area contributed by atoms with E-state index >= 15 is 0 Å². The van der Waals surface area contributed by atoms with Crippen LogP contribution in [0, 0.1) is 11.8 Å². The molecular formula is C14H18N2O2. The highest BCUT2D eigenvalue weighted by atomic mass is 16.5. The number of carbonyl (C=O) groups excluding carboxylic acids is 1. The van der Waals surface area contributed by atoms with Crippen molar-refractivity contribution in [2.45, 2.75) is 27.2 Å². The standard InChI is InChI=1S/C14H18N2O2/c1-9(2)8-18-14-10(3)6-13(17)11-4-5-15-7-12(11)16-14/h4-5,7,9-10H,6,8H2,1-3H3. The minimum Gasteiger partial charge on any atom is -0.480 e. The zero-order valence-corrected chi connectivity index (χ0v) is 11.0. The van der Waals surface area contributed by atoms with Gasteiger partial charge in [0.25, 0.3) is 0 Å². The van der Waals surface area contributed by atoms with Gasteiger partial charge in [-0.1, -0.05) is 20.8 Å². The molecule has 0 fully saturated rings. The fourth-order valence-electron chi connectivity index (χ4n) is 1.84. The van der Waals surface area contributed by atoms with E-state index in [-0.39, 0.29) is 11.7 Å². The lowest BCUT2D eigenvalue weighted by Gasteiger charge is -2.14. The monoisotopic (exact) mass is 246 g/mol. The van der Waals surface area contributed by atoms with Crippen molar-refractivity contribution < 1.29 is 9.53 Å². The predicted octanol–water partition coefficient (Wildman–Crippen LogP) is 3.01. The molecule has 0 saturated carbocycles. The van der Waals surface area contributed by atoms with Crippen LogP contribution in [0.1, 0.15) is 37.6 Å². The van der Waals surface area contributed by atoms with Gasteiger partial charge in [-0.3, -0.25) is 9.78 Å². The fraction of sp³-hybridized carbons (Fsp3) is 0.500. The Balaban J connectivity index is 2.30. The Labute approximate surface area is 107 Å². The van der Waals surface area contributed by atoms with Crippen molar-refractivity contribution >= 4 is 17.4 Å². The number of Topliss-reactive ketones (excluding diaryl/α,β-unsaturated/α-hetero) is 1. The molecule has 1 unspecified atom stereocenters. The van der Waals surface area contributed by atoms with Crippen molar-refractivity contribution in [3.05, 3.63) is 24.0 Å². The van der Waals surface area contributed by atoms with Crippen LogP contribution in [-0.2, 0) is 4.74 Å². The van der Waals surface area contributed by atoms with Crippen LogP contribution in [0.2, 0.25) is 0 Å². The number of ketones is 1. The summed E-state index contributed by atoms with van der Waals surface area (Å²) in [6, 6.07) is 1.72. The molecule has 2 rings (SSSR count). The molecule has 1 aromatic rings. The average Bonchev–Trinajstić information content (AvgIpc) is 2.45. The zero-order chi connectivity index (χ0) is 13.1. The maximum absolute atomic E-state index is 12.0. The van der Waals surface area contributed by atoms with Crippen molar-refractivity contribution in [1.82, 2.24) is 4.98 Å². The second-order valence-corrected chi connectivity index (χ2v) is 5.08. The minimum atomic E-state index is 0.0173. The van der Waals surface area contributed by atoms with Gasteiger partial charge in [-0.15, -0.1) is 0 Å². The summed E-state index contributed by atoms with van der Waals surface area (Å²) in [5, 5.41) is 0. The second-order valence-electron chi connectivity index (χ2n) is 5.08. The number of rotatable bonds is 2. The minimum absolute atomic E-state index is 0.0173. The Bertz CT molecular complexity index is 480. The van der Waals surface area contributed by atoms with E-state index in [2.05, 4.69) is 23.8 Å². The van der Waals surface area contributed by atoms with Crippen molar-refractivity contribution in [2.75, 3.05) is 6.61 Å². The van der Waals surface area contributed by atoms with Gasteiger partial charge in [0.05, 0.1) is 18.5 Å². The van der Waals surface area contributed by atoms with Crippen molar-refractivity contribution in [3.63, 3.8) is 0 Å². The summed E-state index contributed by atoms with van der Waals surface area (Å²) in [7, 11) is 0. The van der Waals surface area contributed by atoms with Crippen LogP contribution in [-0.4, -0.2) is 23.3 Å². The lowest BCUT2D eigenvalue weighted by Crippen LogP contribution is -2.18. The van der Waals surface area contributed by atoms with Gasteiger partial charge in [-0.05, 0) is 12.0 Å². The van der Waals surface area contributed by atoms with Gasteiger partial charge in [0, 0.05) is 24.1 Å². The normalized spacial score (nSPS) is 19.2. The molecule has 0 aromatic carbocycles. The van der Waals surface area contributed by atoms with Gasteiger partial charge in [0.15, 0.2) is 11.7 Å². The topological polar surface area (TPSA) is 51.6 Å². The average molecular weight is 246 g/mol. The van der Waals surface area contributed by atoms with Crippen molar-refractivity contribution in [1.29, 1.82) is 0 Å². The molecule has 4 nitrogen and oxygen atoms in total. The van der Waals surface area contributed by atoms with Gasteiger partial charge >= 0.3 is 0 Å². The van der Waals surface area contributed by atoms with E-state index in [1.165, 1.54) is 0 Å². The number of aromatic nitrogens is 1. The van der Waals surface area contributed by atoms with Gasteiger partial charge in [0.1, 0.15) is 0 Å². The first-order chi connectivity index (χ1) is 8.58. The van der Waals surface area contributed by atoms with Crippen LogP contribution >= 0.6 is 0 Å². The van der Waals surface area contributed by atoms with E-state index in [1.54, 1.807) is 18.5 Å². The largest absolute Gasteiger partial charge is 0.480 e. The lowest BCUT2D eigenvalue weighted by molar-refractivity contribution is 0.0971. The number of ether oxygens (including phenoxy) is 1. The molecule has 96 valence electrons. The van der Waals surface area contributed by atoms with Crippen LogP contribution in [0.15, 0.2) is 23.5 Å². The van der Waals surface area contributed by atoms with Gasteiger partial charge < -0.3 is 4.74 Å². The molecular weight excluding hydrogens is 228 g/mol. The molecule has 1 aromatic heterocycles. The molecule has 1 atom stereocenters. The van der Waals surface area contributed by atoms with Gasteiger partial charge in [-0.25, -0.2) is 4.99 Å². The van der Waals surface area contributed by atoms with Crippen LogP contribution in [0.5, 0.6) is 0 Å². The third-order valence-electron chi connectivity index (χ3n) is 2.81. The SMILES string of the molecule is CC(C)COC1=Nc2cnccc2C(=O)CC1C. The van der Waals surface area contributed by atoms with E-state index in [9.17, 15) is 4.79 Å². The zero-order valence-electron chi connectivity index (χ0n) is 11.0. The Morgan fingerprint density at radius 3 is 3.00 bits per heavy atom. The Morgan fingerprint density at radius 1 is 1.50 bits per heavy atom. The quantitative estimate of drug-likeness (QED) is 0.806. The number of nitrogens with zero attached hydrogens (tertiary/aromatic N) is 2. The van der Waals surface area contributed by atoms with Crippen LogP contribution in [0.4, 0.5) is 5.69 Å². The molecule has 18 heavy (non-hydrogen) atoms. The number of aliphatic imine (C=N–C) groups is 1. The summed E-state index contributed by atoms with van der Waals surface area (Å²) in [6.45, 7) is 6.76. The third-order valence-corrected chi connectivity index (χ3v) is 2.81. The van der Waals surface area contributed by atoms with Crippen LogP contribution < -0.4 is 0 Å². The summed E-state index contributed by atoms with van der Waals surface area (Å²) in [5.41, 5.74) is 1.26. The number of hydrogen-bond donors (Lipinski definition) is 0. The highest BCUT2D eigenvalue weighted by Crippen LogP contribution is 2.26. The van der Waals surface area contributed by atoms with Gasteiger partial charge in [0.2, 0.25) is 0 Å². The first-order valence-corrected chi connectivity index (χ1v) is 6.26. The smallest absolute Gasteiger partial charge is 0.191 e. The van der Waals surface area contributed by atoms with E-state index in [0.29, 0.717) is 36.1 Å². The molecule has 0 spiro atoms. The molecule has 4 heteroatoms. The maximum Gasteiger partial charge on any atom is 0.191 e. The summed E-state index contributed by atoms with van der Waals surface area (Å²) < 4.78 is 5.71. The maximum atomic E-state index is 12.0. The molecule has 1 aliphatic heterocycles. The van der Waals surface area contributed by atoms with Crippen LogP contribution in [0.25, 0.3) is 0 Å². The molecule has 0 bridgehead atoms. The van der Waals surface area contributed by atoms with E-state index in [1.807, 2.05) is 6.92 Å². The summed E-state index contributed by atoms with van der Waals surface area (Å²) in [5.74, 6) is 1.20. The van der Waals surface area contributed by atoms with E-state index in [0.717, 1.165) is 0 Å². The Morgan fingerprint density at radius 2 is 2.28 bits per heavy atom. The molecule has 0 saturated heterocycles. The fourth-order valence-corrected chi connectivity index (χ4v) is 1.84. The molecule has 0 N–H and O–H groups in total. The number of hydrogen-bond acceptors (Lipinski definition) is 4. The predicted molar refractivity (Wildman–Crippen MR) is 70.2 cm³/mol. The van der Waals surface area contributed by atoms with E-state index in [4.69, 9.17) is 4.74 Å². The van der Waals surface area contributed by atoms with Gasteiger partial charge in [-0.2, -0.15) is 0 Å². The number of carbonyl (C=O) groups is 1. The number of pyridine rings is 1. The summed E-state index contributed by atoms with van der Waals surface area (Å²) in [6.07, 6.45) is 3.68. The molecule has 0 amide bonds. The van der Waals surface area contributed by atoms with E-state index < -0.39 is 0 Å². The second kappa shape index (κ2) is 5.29. The highest BCUT2D eigenvalue weighted by Gasteiger charge is 2.24. The highest BCUT2D eigenvalue weighted by molar-refractivity contribution is 6.05. The lowest BCUT2D eigenvalue weighted by atomic mass is 10.0. The van der Waals surface area contributed by atoms with Crippen molar-refractivity contribution in [3.8, 4) is 0 Å². The van der Waals surface area contributed by atoms with Crippen molar-refractivity contribution in [2.24, 2.45) is 16.8 Å². The molecule has 0 aliphatic carbocycles. The first-order valence-electron chi connectivity index (χ1n) is 6.26. The molecule has 1 aliphatic rings. The molecule has 2 heterocycles. The molecule has 0 radical (unpaired) electrons. The summed E-state index contributed by atoms with van der Waals surface area (Å²) >= 11 is 0. The summed E-state index contributed by atoms with van der Waals surface area (Å²) in [4.78, 5) is 20.5. The number of fused-ring (bicyclic) bond motifs is 1. The Hall–Kier alpha value is -1.71. The van der Waals surface area contributed by atoms with Crippen LogP contribution in [0.3, 0.4) is 0 Å². The first kappa shape index (κ1) is 12.7. The Kier molecular flexibility index (Phi) is 3.75. The third kappa shape index (κ3) is 2.75.